The molecule has 0 aromatic heterocycles. The van der Waals surface area contributed by atoms with Gasteiger partial charge < -0.3 is 19.5 Å². The van der Waals surface area contributed by atoms with Crippen LogP contribution in [0, 0.1) is 0 Å². The van der Waals surface area contributed by atoms with Crippen LogP contribution in [-0.2, 0) is 26.9 Å². The third-order valence-electron chi connectivity index (χ3n) is 3.97. The summed E-state index contributed by atoms with van der Waals surface area (Å²) in [6.07, 6.45) is 0.484. The van der Waals surface area contributed by atoms with Crippen molar-refractivity contribution in [2.24, 2.45) is 0 Å². The minimum Gasteiger partial charge on any atom is -0.454 e. The first kappa shape index (κ1) is 18.9. The Balaban J connectivity index is 1.58. The highest BCUT2D eigenvalue weighted by Gasteiger charge is 2.22. The number of rotatable bonds is 6. The van der Waals surface area contributed by atoms with E-state index >= 15 is 0 Å². The molecule has 2 aromatic rings. The molecule has 1 heterocycles. The average Bonchev–Trinajstić information content (AvgIpc) is 3.13. The van der Waals surface area contributed by atoms with Crippen molar-refractivity contribution in [2.75, 3.05) is 13.0 Å². The van der Waals surface area contributed by atoms with Gasteiger partial charge in [-0.15, -0.1) is 0 Å². The topological polar surface area (TPSA) is 90.9 Å². The van der Waals surface area contributed by atoms with Crippen molar-refractivity contribution >= 4 is 22.7 Å². The molecule has 3 rings (SSSR count). The van der Waals surface area contributed by atoms with Crippen LogP contribution in [0.4, 0.5) is 0 Å². The van der Waals surface area contributed by atoms with Gasteiger partial charge in [0.1, 0.15) is 0 Å². The summed E-state index contributed by atoms with van der Waals surface area (Å²) < 4.78 is 27.5. The second-order valence-corrected chi connectivity index (χ2v) is 7.25. The first-order chi connectivity index (χ1) is 13.0. The summed E-state index contributed by atoms with van der Waals surface area (Å²) in [6.45, 7) is 1.92. The number of benzene rings is 2. The largest absolute Gasteiger partial charge is 0.454 e. The molecule has 0 aliphatic carbocycles. The summed E-state index contributed by atoms with van der Waals surface area (Å²) in [5.41, 5.74) is 1.02. The van der Waals surface area contributed by atoms with Gasteiger partial charge in [-0.3, -0.25) is 9.00 Å². The maximum absolute atomic E-state index is 12.3. The number of ether oxygens (including phenoxy) is 3. The lowest BCUT2D eigenvalue weighted by molar-refractivity contribution is -0.129. The molecule has 0 fully saturated rings. The van der Waals surface area contributed by atoms with Crippen LogP contribution in [0.3, 0.4) is 0 Å². The molecular formula is C19H19NO6S. The summed E-state index contributed by atoms with van der Waals surface area (Å²) >= 11 is 0. The van der Waals surface area contributed by atoms with Crippen molar-refractivity contribution in [1.29, 1.82) is 0 Å². The van der Waals surface area contributed by atoms with Crippen LogP contribution in [0.1, 0.15) is 22.8 Å². The van der Waals surface area contributed by atoms with Gasteiger partial charge in [0.05, 0.1) is 21.3 Å². The molecule has 8 heteroatoms. The number of amides is 1. The fourth-order valence-corrected chi connectivity index (χ4v) is 3.28. The monoisotopic (exact) mass is 389 g/mol. The van der Waals surface area contributed by atoms with Crippen LogP contribution in [0.2, 0.25) is 0 Å². The van der Waals surface area contributed by atoms with Gasteiger partial charge in [-0.25, -0.2) is 4.79 Å². The molecule has 0 bridgehead atoms. The summed E-state index contributed by atoms with van der Waals surface area (Å²) in [6, 6.07) is 11.8. The summed E-state index contributed by atoms with van der Waals surface area (Å²) in [4.78, 5) is 24.9. The van der Waals surface area contributed by atoms with E-state index in [2.05, 4.69) is 5.32 Å². The Labute approximate surface area is 159 Å². The predicted octanol–water partition coefficient (Wildman–Crippen LogP) is 2.01. The van der Waals surface area contributed by atoms with Crippen LogP contribution >= 0.6 is 0 Å². The Morgan fingerprint density at radius 1 is 1.19 bits per heavy atom. The summed E-state index contributed by atoms with van der Waals surface area (Å²) in [5, 5.41) is 2.71. The lowest BCUT2D eigenvalue weighted by Gasteiger charge is -2.14. The van der Waals surface area contributed by atoms with Gasteiger partial charge in [-0.05, 0) is 36.8 Å². The van der Waals surface area contributed by atoms with Crippen LogP contribution in [-0.4, -0.2) is 35.2 Å². The zero-order chi connectivity index (χ0) is 19.4. The van der Waals surface area contributed by atoms with Crippen molar-refractivity contribution < 1.29 is 28.0 Å². The standard InChI is InChI=1S/C19H19NO6S/c1-12(26-19(22)14-5-3-4-6-17(14)27(2)23)18(21)20-10-13-7-8-15-16(9-13)25-11-24-15/h3-9,12H,10-11H2,1-2H3,(H,20,21)/t12-,27+/m0/s1. The van der Waals surface area contributed by atoms with Crippen molar-refractivity contribution in [3.63, 3.8) is 0 Å². The van der Waals surface area contributed by atoms with E-state index in [0.717, 1.165) is 5.56 Å². The highest BCUT2D eigenvalue weighted by atomic mass is 32.2. The molecular weight excluding hydrogens is 370 g/mol. The number of carbonyl (C=O) groups is 2. The first-order valence-electron chi connectivity index (χ1n) is 8.25. The van der Waals surface area contributed by atoms with E-state index in [1.54, 1.807) is 30.3 Å². The van der Waals surface area contributed by atoms with Gasteiger partial charge in [0.2, 0.25) is 6.79 Å². The van der Waals surface area contributed by atoms with E-state index in [9.17, 15) is 13.8 Å². The molecule has 1 N–H and O–H groups in total. The van der Waals surface area contributed by atoms with Crippen LogP contribution in [0.5, 0.6) is 11.5 Å². The van der Waals surface area contributed by atoms with Crippen LogP contribution in [0.15, 0.2) is 47.4 Å². The number of nitrogens with one attached hydrogen (secondary N) is 1. The number of esters is 1. The summed E-state index contributed by atoms with van der Waals surface area (Å²) in [7, 11) is -1.34. The zero-order valence-electron chi connectivity index (χ0n) is 14.9. The molecule has 1 aliphatic rings. The second-order valence-electron chi connectivity index (χ2n) is 5.90. The van der Waals surface area contributed by atoms with Crippen molar-refractivity contribution in [3.05, 3.63) is 53.6 Å². The van der Waals surface area contributed by atoms with Gasteiger partial charge in [-0.1, -0.05) is 18.2 Å². The zero-order valence-corrected chi connectivity index (χ0v) is 15.7. The molecule has 27 heavy (non-hydrogen) atoms. The highest BCUT2D eigenvalue weighted by molar-refractivity contribution is 7.84. The normalized spacial score (nSPS) is 14.3. The minimum atomic E-state index is -1.34. The Bertz CT molecular complexity index is 898. The Morgan fingerprint density at radius 2 is 1.93 bits per heavy atom. The Kier molecular flexibility index (Phi) is 5.75. The number of hydrogen-bond acceptors (Lipinski definition) is 6. The van der Waals surface area contributed by atoms with E-state index in [-0.39, 0.29) is 18.9 Å². The highest BCUT2D eigenvalue weighted by Crippen LogP contribution is 2.32. The molecule has 0 spiro atoms. The van der Waals surface area contributed by atoms with Crippen molar-refractivity contribution in [1.82, 2.24) is 5.32 Å². The lowest BCUT2D eigenvalue weighted by Crippen LogP contribution is -2.35. The molecule has 2 aromatic carbocycles. The van der Waals surface area contributed by atoms with Gasteiger partial charge in [-0.2, -0.15) is 0 Å². The average molecular weight is 389 g/mol. The van der Waals surface area contributed by atoms with Crippen LogP contribution < -0.4 is 14.8 Å². The molecule has 0 unspecified atom stereocenters. The van der Waals surface area contributed by atoms with Gasteiger partial charge in [0.25, 0.3) is 5.91 Å². The van der Waals surface area contributed by atoms with E-state index in [1.807, 2.05) is 6.07 Å². The Morgan fingerprint density at radius 3 is 2.70 bits per heavy atom. The predicted molar refractivity (Wildman–Crippen MR) is 98.1 cm³/mol. The van der Waals surface area contributed by atoms with E-state index in [1.165, 1.54) is 19.2 Å². The molecule has 0 saturated carbocycles. The molecule has 2 atom stereocenters. The van der Waals surface area contributed by atoms with Gasteiger partial charge in [0.15, 0.2) is 17.6 Å². The smallest absolute Gasteiger partial charge is 0.340 e. The third-order valence-corrected chi connectivity index (χ3v) is 4.95. The third kappa shape index (κ3) is 4.46. The fraction of sp³-hybridized carbons (Fsp3) is 0.263. The van der Waals surface area contributed by atoms with E-state index in [4.69, 9.17) is 14.2 Å². The number of fused-ring (bicyclic) bond motifs is 1. The molecule has 142 valence electrons. The number of carbonyl (C=O) groups excluding carboxylic acids is 2. The second kappa shape index (κ2) is 8.22. The maximum atomic E-state index is 12.3. The quantitative estimate of drug-likeness (QED) is 0.760. The summed E-state index contributed by atoms with van der Waals surface area (Å²) in [5.74, 6) is 0.174. The SMILES string of the molecule is C[C@H](OC(=O)c1ccccc1[S@@](C)=O)C(=O)NCc1ccc2c(c1)OCO2. The fourth-order valence-electron chi connectivity index (χ4n) is 2.55. The maximum Gasteiger partial charge on any atom is 0.340 e. The molecule has 1 amide bonds. The Hall–Kier alpha value is -2.87. The van der Waals surface area contributed by atoms with Crippen LogP contribution in [0.25, 0.3) is 0 Å². The lowest BCUT2D eigenvalue weighted by atomic mass is 10.2. The minimum absolute atomic E-state index is 0.183. The van der Waals surface area contributed by atoms with E-state index < -0.39 is 28.8 Å². The molecule has 1 aliphatic heterocycles. The number of hydrogen-bond donors (Lipinski definition) is 1. The van der Waals surface area contributed by atoms with Gasteiger partial charge >= 0.3 is 5.97 Å². The molecule has 7 nitrogen and oxygen atoms in total. The molecule has 0 radical (unpaired) electrons. The van der Waals surface area contributed by atoms with Gasteiger partial charge in [0, 0.05) is 12.8 Å². The molecule has 0 saturated heterocycles. The van der Waals surface area contributed by atoms with Crippen molar-refractivity contribution in [3.8, 4) is 11.5 Å². The first-order valence-corrected chi connectivity index (χ1v) is 9.81. The van der Waals surface area contributed by atoms with E-state index in [0.29, 0.717) is 16.4 Å². The van der Waals surface area contributed by atoms with Crippen molar-refractivity contribution in [2.45, 2.75) is 24.5 Å².